The number of carbonyl (C=O) groups is 2. The van der Waals surface area contributed by atoms with Gasteiger partial charge in [-0.15, -0.1) is 0 Å². The number of amides is 1. The Kier molecular flexibility index (Phi) is 7.16. The van der Waals surface area contributed by atoms with E-state index in [2.05, 4.69) is 16.7 Å². The molecule has 132 valence electrons. The summed E-state index contributed by atoms with van der Waals surface area (Å²) in [7, 11) is 1.66. The van der Waals surface area contributed by atoms with Crippen LogP contribution in [-0.2, 0) is 11.2 Å². The fourth-order valence-electron chi connectivity index (χ4n) is 2.40. The highest BCUT2D eigenvalue weighted by Gasteiger charge is 2.04. The molecular weight excluding hydrogens is 316 g/mol. The maximum atomic E-state index is 11.9. The number of hydrogen-bond donors (Lipinski definition) is 2. The summed E-state index contributed by atoms with van der Waals surface area (Å²) in [5.41, 5.74) is 2.53. The lowest BCUT2D eigenvalue weighted by molar-refractivity contribution is -0.116. The Labute approximate surface area is 148 Å². The first-order chi connectivity index (χ1) is 12.1. The number of carbonyl (C=O) groups excluding carboxylic acids is 2. The van der Waals surface area contributed by atoms with Crippen LogP contribution in [0.5, 0.6) is 5.75 Å². The average molecular weight is 340 g/mol. The summed E-state index contributed by atoms with van der Waals surface area (Å²) in [4.78, 5) is 23.1. The van der Waals surface area contributed by atoms with Gasteiger partial charge < -0.3 is 15.4 Å². The molecule has 0 aromatic heterocycles. The molecule has 0 fully saturated rings. The zero-order valence-corrected chi connectivity index (χ0v) is 14.7. The summed E-state index contributed by atoms with van der Waals surface area (Å²) in [5, 5.41) is 6.09. The van der Waals surface area contributed by atoms with E-state index in [-0.39, 0.29) is 11.7 Å². The first kappa shape index (κ1) is 18.7. The summed E-state index contributed by atoms with van der Waals surface area (Å²) >= 11 is 0. The molecule has 0 unspecified atom stereocenters. The number of ketones is 1. The van der Waals surface area contributed by atoms with E-state index in [1.54, 1.807) is 31.4 Å². The van der Waals surface area contributed by atoms with Crippen molar-refractivity contribution in [3.05, 3.63) is 59.7 Å². The van der Waals surface area contributed by atoms with Gasteiger partial charge in [0.15, 0.2) is 5.78 Å². The number of hydrogen-bond acceptors (Lipinski definition) is 4. The van der Waals surface area contributed by atoms with Crippen molar-refractivity contribution < 1.29 is 14.3 Å². The summed E-state index contributed by atoms with van der Waals surface area (Å²) in [6.45, 7) is 2.93. The van der Waals surface area contributed by atoms with Gasteiger partial charge in [0, 0.05) is 24.2 Å². The maximum absolute atomic E-state index is 11.9. The maximum Gasteiger partial charge on any atom is 0.225 e. The number of methoxy groups -OCH3 is 1. The number of Topliss-reactive ketones (excluding diaryl/α,β-unsaturated/α-hetero) is 1. The van der Waals surface area contributed by atoms with Crippen LogP contribution in [-0.4, -0.2) is 31.9 Å². The molecule has 0 atom stereocenters. The highest BCUT2D eigenvalue weighted by atomic mass is 16.5. The Morgan fingerprint density at radius 3 is 2.48 bits per heavy atom. The zero-order valence-electron chi connectivity index (χ0n) is 14.7. The summed E-state index contributed by atoms with van der Waals surface area (Å²) in [5.74, 6) is 0.815. The van der Waals surface area contributed by atoms with Crippen molar-refractivity contribution in [2.75, 3.05) is 25.5 Å². The highest BCUT2D eigenvalue weighted by molar-refractivity contribution is 5.95. The number of ether oxygens (including phenoxy) is 1. The van der Waals surface area contributed by atoms with E-state index in [1.165, 1.54) is 12.5 Å². The van der Waals surface area contributed by atoms with Crippen LogP contribution in [0.25, 0.3) is 0 Å². The second-order valence-corrected chi connectivity index (χ2v) is 5.78. The Morgan fingerprint density at radius 1 is 1.04 bits per heavy atom. The molecule has 0 saturated heterocycles. The molecule has 0 aliphatic heterocycles. The standard InChI is InChI=1S/C20H24N2O3/c1-15(23)17-6-8-18(9-7-17)22-20(24)11-13-21-12-10-16-4-3-5-19(14-16)25-2/h3-9,14,21H,10-13H2,1-2H3,(H,22,24). The Bertz CT molecular complexity index is 711. The van der Waals surface area contributed by atoms with Crippen molar-refractivity contribution in [1.82, 2.24) is 5.32 Å². The third kappa shape index (κ3) is 6.39. The molecule has 0 heterocycles. The van der Waals surface area contributed by atoms with E-state index in [0.717, 1.165) is 18.7 Å². The molecule has 2 rings (SSSR count). The summed E-state index contributed by atoms with van der Waals surface area (Å²) in [6, 6.07) is 14.9. The molecule has 0 aliphatic carbocycles. The van der Waals surface area contributed by atoms with Crippen LogP contribution in [0.2, 0.25) is 0 Å². The predicted molar refractivity (Wildman–Crippen MR) is 99.3 cm³/mol. The first-order valence-electron chi connectivity index (χ1n) is 8.33. The second-order valence-electron chi connectivity index (χ2n) is 5.78. The number of benzene rings is 2. The minimum Gasteiger partial charge on any atom is -0.497 e. The molecule has 0 radical (unpaired) electrons. The van der Waals surface area contributed by atoms with Crippen LogP contribution < -0.4 is 15.4 Å². The van der Waals surface area contributed by atoms with Gasteiger partial charge in [0.1, 0.15) is 5.75 Å². The van der Waals surface area contributed by atoms with E-state index < -0.39 is 0 Å². The van der Waals surface area contributed by atoms with Crippen LogP contribution in [0.1, 0.15) is 29.3 Å². The van der Waals surface area contributed by atoms with Gasteiger partial charge in [0.2, 0.25) is 5.91 Å². The van der Waals surface area contributed by atoms with E-state index in [0.29, 0.717) is 24.2 Å². The van der Waals surface area contributed by atoms with Crippen molar-refractivity contribution in [2.45, 2.75) is 19.8 Å². The van der Waals surface area contributed by atoms with Crippen molar-refractivity contribution >= 4 is 17.4 Å². The fourth-order valence-corrected chi connectivity index (χ4v) is 2.40. The quantitative estimate of drug-likeness (QED) is 0.544. The predicted octanol–water partition coefficient (Wildman–Crippen LogP) is 3.06. The molecule has 0 spiro atoms. The Morgan fingerprint density at radius 2 is 1.80 bits per heavy atom. The molecular formula is C20H24N2O3. The van der Waals surface area contributed by atoms with E-state index in [1.807, 2.05) is 18.2 Å². The smallest absolute Gasteiger partial charge is 0.225 e. The molecule has 5 nitrogen and oxygen atoms in total. The van der Waals surface area contributed by atoms with Gasteiger partial charge >= 0.3 is 0 Å². The van der Waals surface area contributed by atoms with E-state index in [4.69, 9.17) is 4.74 Å². The van der Waals surface area contributed by atoms with Gasteiger partial charge in [-0.1, -0.05) is 12.1 Å². The van der Waals surface area contributed by atoms with Gasteiger partial charge in [-0.3, -0.25) is 9.59 Å². The molecule has 0 aliphatic rings. The minimum absolute atomic E-state index is 0.0121. The van der Waals surface area contributed by atoms with Crippen molar-refractivity contribution in [2.24, 2.45) is 0 Å². The Balaban J connectivity index is 1.65. The lowest BCUT2D eigenvalue weighted by atomic mass is 10.1. The van der Waals surface area contributed by atoms with Crippen LogP contribution >= 0.6 is 0 Å². The monoisotopic (exact) mass is 340 g/mol. The molecule has 2 aromatic carbocycles. The second kappa shape index (κ2) is 9.59. The van der Waals surface area contributed by atoms with E-state index >= 15 is 0 Å². The largest absolute Gasteiger partial charge is 0.497 e. The lowest BCUT2D eigenvalue weighted by Gasteiger charge is -2.08. The van der Waals surface area contributed by atoms with Crippen molar-refractivity contribution in [3.8, 4) is 5.75 Å². The number of anilines is 1. The topological polar surface area (TPSA) is 67.4 Å². The number of rotatable bonds is 9. The molecule has 0 saturated carbocycles. The molecule has 25 heavy (non-hydrogen) atoms. The summed E-state index contributed by atoms with van der Waals surface area (Å²) in [6.07, 6.45) is 1.28. The van der Waals surface area contributed by atoms with Crippen LogP contribution in [0.3, 0.4) is 0 Å². The van der Waals surface area contributed by atoms with E-state index in [9.17, 15) is 9.59 Å². The first-order valence-corrected chi connectivity index (χ1v) is 8.33. The SMILES string of the molecule is COc1cccc(CCNCCC(=O)Nc2ccc(C(C)=O)cc2)c1. The molecule has 0 bridgehead atoms. The van der Waals surface area contributed by atoms with Crippen LogP contribution in [0.15, 0.2) is 48.5 Å². The zero-order chi connectivity index (χ0) is 18.1. The molecule has 1 amide bonds. The van der Waals surface area contributed by atoms with Gasteiger partial charge in [-0.25, -0.2) is 0 Å². The molecule has 5 heteroatoms. The molecule has 2 N–H and O–H groups in total. The van der Waals surface area contributed by atoms with Crippen LogP contribution in [0, 0.1) is 0 Å². The fraction of sp³-hybridized carbons (Fsp3) is 0.300. The number of nitrogens with one attached hydrogen (secondary N) is 2. The lowest BCUT2D eigenvalue weighted by Crippen LogP contribution is -2.23. The van der Waals surface area contributed by atoms with Crippen LogP contribution in [0.4, 0.5) is 5.69 Å². The highest BCUT2D eigenvalue weighted by Crippen LogP contribution is 2.12. The van der Waals surface area contributed by atoms with Crippen molar-refractivity contribution in [1.29, 1.82) is 0 Å². The van der Waals surface area contributed by atoms with Crippen molar-refractivity contribution in [3.63, 3.8) is 0 Å². The van der Waals surface area contributed by atoms with Gasteiger partial charge in [0.05, 0.1) is 7.11 Å². The molecule has 2 aromatic rings. The third-order valence-electron chi connectivity index (χ3n) is 3.83. The third-order valence-corrected chi connectivity index (χ3v) is 3.83. The normalized spacial score (nSPS) is 10.3. The van der Waals surface area contributed by atoms with Gasteiger partial charge in [-0.2, -0.15) is 0 Å². The average Bonchev–Trinajstić information content (AvgIpc) is 2.62. The summed E-state index contributed by atoms with van der Waals surface area (Å²) < 4.78 is 5.20. The minimum atomic E-state index is -0.0514. The van der Waals surface area contributed by atoms with Gasteiger partial charge in [0.25, 0.3) is 0 Å². The van der Waals surface area contributed by atoms with Gasteiger partial charge in [-0.05, 0) is 61.9 Å². The Hall–Kier alpha value is -2.66.